The fourth-order valence-electron chi connectivity index (χ4n) is 3.06. The van der Waals surface area contributed by atoms with Crippen molar-refractivity contribution in [3.8, 4) is 0 Å². The number of hydrogen-bond donors (Lipinski definition) is 1. The second-order valence-electron chi connectivity index (χ2n) is 7.35. The molecule has 0 aliphatic rings. The molecule has 3 aromatic carbocycles. The van der Waals surface area contributed by atoms with Crippen LogP contribution in [-0.2, 0) is 13.6 Å². The van der Waals surface area contributed by atoms with E-state index in [2.05, 4.69) is 16.7 Å². The van der Waals surface area contributed by atoms with E-state index in [4.69, 9.17) is 28.6 Å². The molecule has 0 aliphatic heterocycles. The summed E-state index contributed by atoms with van der Waals surface area (Å²) in [6, 6.07) is 22.8. The number of benzene rings is 3. The molecule has 0 saturated carbocycles. The van der Waals surface area contributed by atoms with E-state index in [0.29, 0.717) is 12.4 Å². The number of aromatic nitrogens is 1. The SMILES string of the molecule is Cc1ccc(C(=NCc2ccc([N+](=O)[O-])cc2)N=c2sc3ccccc3n2C)cc1.[O-][Cl+3]([O-])([O-])O. The van der Waals surface area contributed by atoms with Crippen molar-refractivity contribution >= 4 is 33.1 Å². The minimum absolute atomic E-state index is 0.0727. The molecule has 4 aromatic rings. The monoisotopic (exact) mass is 516 g/mol. The molecule has 0 aliphatic carbocycles. The summed E-state index contributed by atoms with van der Waals surface area (Å²) in [5, 5.41) is 10.9. The summed E-state index contributed by atoms with van der Waals surface area (Å²) in [5.74, 6) is 0.635. The lowest BCUT2D eigenvalue weighted by atomic mass is 10.1. The second kappa shape index (κ2) is 11.3. The zero-order valence-electron chi connectivity index (χ0n) is 18.7. The molecule has 182 valence electrons. The normalized spacial score (nSPS) is 12.4. The van der Waals surface area contributed by atoms with E-state index >= 15 is 0 Å². The summed E-state index contributed by atoms with van der Waals surface area (Å²) in [7, 11) is -2.69. The van der Waals surface area contributed by atoms with Gasteiger partial charge in [0.1, 0.15) is 0 Å². The van der Waals surface area contributed by atoms with Crippen LogP contribution in [0.1, 0.15) is 16.7 Å². The molecular weight excluding hydrogens is 496 g/mol. The van der Waals surface area contributed by atoms with Gasteiger partial charge in [0.25, 0.3) is 5.69 Å². The van der Waals surface area contributed by atoms with E-state index < -0.39 is 15.2 Å². The van der Waals surface area contributed by atoms with Gasteiger partial charge in [-0.2, -0.15) is 14.0 Å². The highest BCUT2D eigenvalue weighted by Gasteiger charge is 2.07. The Balaban J connectivity index is 0.000000623. The number of aliphatic imine (C=N–C) groups is 1. The fourth-order valence-corrected chi connectivity index (χ4v) is 4.08. The number of thiazole rings is 1. The predicted octanol–water partition coefficient (Wildman–Crippen LogP) is 0.880. The minimum atomic E-state index is -4.69. The Morgan fingerprint density at radius 1 is 1.03 bits per heavy atom. The van der Waals surface area contributed by atoms with E-state index in [-0.39, 0.29) is 5.69 Å². The molecule has 0 saturated heterocycles. The molecule has 1 N–H and O–H groups in total. The number of nitro benzene ring substituents is 1. The maximum Gasteiger partial charge on any atom is 0.269 e. The molecule has 0 unspecified atom stereocenters. The lowest BCUT2D eigenvalue weighted by molar-refractivity contribution is -1.92. The Labute approximate surface area is 206 Å². The fraction of sp³-hybridized carbons (Fsp3) is 0.130. The van der Waals surface area contributed by atoms with Gasteiger partial charge in [0, 0.05) is 24.7 Å². The molecule has 0 spiro atoms. The largest absolute Gasteiger partial charge is 0.319 e. The molecule has 1 heterocycles. The highest BCUT2D eigenvalue weighted by molar-refractivity contribution is 7.16. The lowest BCUT2D eigenvalue weighted by Crippen LogP contribution is -2.58. The topological polar surface area (TPSA) is 162 Å². The Hall–Kier alpha value is -3.45. The van der Waals surface area contributed by atoms with Crippen LogP contribution in [0.5, 0.6) is 0 Å². The number of fused-ring (bicyclic) bond motifs is 1. The van der Waals surface area contributed by atoms with E-state index in [1.165, 1.54) is 17.7 Å². The molecule has 0 fully saturated rings. The Kier molecular flexibility index (Phi) is 8.46. The molecule has 10 nitrogen and oxygen atoms in total. The third kappa shape index (κ3) is 7.79. The first-order chi connectivity index (χ1) is 16.5. The zero-order chi connectivity index (χ0) is 25.6. The molecule has 12 heteroatoms. The van der Waals surface area contributed by atoms with Crippen molar-refractivity contribution < 1.29 is 33.8 Å². The maximum absolute atomic E-state index is 10.9. The lowest BCUT2D eigenvalue weighted by Gasteiger charge is -2.04. The van der Waals surface area contributed by atoms with Gasteiger partial charge in [-0.1, -0.05) is 65.4 Å². The summed E-state index contributed by atoms with van der Waals surface area (Å²) in [4.78, 5) is 20.9. The molecule has 0 amide bonds. The van der Waals surface area contributed by atoms with Crippen LogP contribution in [0.15, 0.2) is 82.8 Å². The smallest absolute Gasteiger partial charge is 0.269 e. The van der Waals surface area contributed by atoms with Crippen molar-refractivity contribution in [3.05, 3.63) is 104 Å². The average Bonchev–Trinajstić information content (AvgIpc) is 3.12. The number of rotatable bonds is 4. The van der Waals surface area contributed by atoms with Gasteiger partial charge >= 0.3 is 0 Å². The van der Waals surface area contributed by atoms with Gasteiger partial charge in [0.2, 0.25) is 0 Å². The quantitative estimate of drug-likeness (QED) is 0.183. The van der Waals surface area contributed by atoms with Crippen molar-refractivity contribution in [1.82, 2.24) is 4.57 Å². The highest BCUT2D eigenvalue weighted by atomic mass is 35.7. The van der Waals surface area contributed by atoms with Crippen LogP contribution in [0.4, 0.5) is 5.69 Å². The number of amidine groups is 1. The van der Waals surface area contributed by atoms with E-state index in [0.717, 1.165) is 26.1 Å². The van der Waals surface area contributed by atoms with Gasteiger partial charge in [-0.15, -0.1) is 0 Å². The van der Waals surface area contributed by atoms with Crippen LogP contribution >= 0.6 is 11.3 Å². The molecule has 0 atom stereocenters. The summed E-state index contributed by atoms with van der Waals surface area (Å²) in [6.45, 7) is 2.43. The minimum Gasteiger partial charge on any atom is -0.319 e. The van der Waals surface area contributed by atoms with Crippen molar-refractivity contribution in [1.29, 1.82) is 0 Å². The third-order valence-corrected chi connectivity index (χ3v) is 5.90. The van der Waals surface area contributed by atoms with E-state index in [9.17, 15) is 10.1 Å². The van der Waals surface area contributed by atoms with Crippen LogP contribution in [0.3, 0.4) is 0 Å². The number of nitrogens with zero attached hydrogens (tertiary/aromatic N) is 4. The van der Waals surface area contributed by atoms with Crippen molar-refractivity contribution in [2.45, 2.75) is 13.5 Å². The first kappa shape index (κ1) is 26.2. The van der Waals surface area contributed by atoms with E-state index in [1.807, 2.05) is 50.4 Å². The molecular formula is C23H21ClN4O6S. The van der Waals surface area contributed by atoms with Crippen LogP contribution in [0.2, 0.25) is 0 Å². The van der Waals surface area contributed by atoms with Gasteiger partial charge in [0.15, 0.2) is 10.6 Å². The molecule has 0 bridgehead atoms. The number of non-ortho nitro benzene ring substituents is 1. The third-order valence-electron chi connectivity index (χ3n) is 4.78. The van der Waals surface area contributed by atoms with Crippen LogP contribution in [-0.4, -0.2) is 20.0 Å². The van der Waals surface area contributed by atoms with Crippen LogP contribution in [0, 0.1) is 27.3 Å². The summed E-state index contributed by atoms with van der Waals surface area (Å²) in [5.41, 5.74) is 4.19. The summed E-state index contributed by atoms with van der Waals surface area (Å²) >= 11 is 1.62. The molecule has 35 heavy (non-hydrogen) atoms. The predicted molar refractivity (Wildman–Crippen MR) is 123 cm³/mol. The van der Waals surface area contributed by atoms with Crippen molar-refractivity contribution in [2.75, 3.05) is 0 Å². The van der Waals surface area contributed by atoms with Gasteiger partial charge in [0.05, 0.1) is 36.6 Å². The number of halogens is 1. The van der Waals surface area contributed by atoms with Gasteiger partial charge in [-0.25, -0.2) is 4.99 Å². The first-order valence-electron chi connectivity index (χ1n) is 10.1. The van der Waals surface area contributed by atoms with Crippen LogP contribution in [0.25, 0.3) is 10.2 Å². The van der Waals surface area contributed by atoms with E-state index in [1.54, 1.807) is 23.5 Å². The Bertz CT molecular complexity index is 1400. The summed E-state index contributed by atoms with van der Waals surface area (Å²) < 4.78 is 36.0. The Morgan fingerprint density at radius 2 is 1.63 bits per heavy atom. The maximum atomic E-state index is 10.9. The number of aryl methyl sites for hydroxylation is 2. The zero-order valence-corrected chi connectivity index (χ0v) is 20.3. The average molecular weight is 517 g/mol. The molecule has 0 radical (unpaired) electrons. The second-order valence-corrected chi connectivity index (χ2v) is 9.15. The number of para-hydroxylation sites is 1. The van der Waals surface area contributed by atoms with Gasteiger partial charge < -0.3 is 4.57 Å². The molecule has 1 aromatic heterocycles. The molecule has 4 rings (SSSR count). The van der Waals surface area contributed by atoms with Gasteiger partial charge in [-0.3, -0.25) is 15.1 Å². The van der Waals surface area contributed by atoms with Crippen molar-refractivity contribution in [3.63, 3.8) is 0 Å². The summed E-state index contributed by atoms with van der Waals surface area (Å²) in [6.07, 6.45) is 0. The first-order valence-corrected chi connectivity index (χ1v) is 12.2. The van der Waals surface area contributed by atoms with Crippen LogP contribution < -0.4 is 18.8 Å². The standard InChI is InChI=1S/C23H20N4O2S.ClHO4/c1-16-7-11-18(12-8-16)22(24-15-17-9-13-19(14-10-17)27(28)29)25-23-26(2)20-5-3-4-6-21(20)30-23;2-1(3,4)5/h3-14H,15H2,1-2H3;(H,2,3,4,5). The highest BCUT2D eigenvalue weighted by Crippen LogP contribution is 2.17. The Morgan fingerprint density at radius 3 is 2.20 bits per heavy atom. The van der Waals surface area contributed by atoms with Gasteiger partial charge in [-0.05, 0) is 24.6 Å². The van der Waals surface area contributed by atoms with Crippen molar-refractivity contribution in [2.24, 2.45) is 17.0 Å². The number of hydrogen-bond acceptors (Lipinski definition) is 8. The number of nitro groups is 1.